The van der Waals surface area contributed by atoms with Crippen LogP contribution in [-0.4, -0.2) is 12.9 Å². The maximum absolute atomic E-state index is 12.3. The molecule has 3 nitrogen and oxygen atoms in total. The molecule has 0 bridgehead atoms. The van der Waals surface area contributed by atoms with E-state index in [9.17, 15) is 4.79 Å². The molecule has 3 heteroatoms. The number of rotatable bonds is 3. The number of hydrogen-bond donors (Lipinski definition) is 0. The number of carbonyl (C=O) groups is 1. The van der Waals surface area contributed by atoms with E-state index >= 15 is 0 Å². The van der Waals surface area contributed by atoms with Crippen LogP contribution in [0.3, 0.4) is 0 Å². The van der Waals surface area contributed by atoms with Gasteiger partial charge in [0.05, 0.1) is 12.7 Å². The summed E-state index contributed by atoms with van der Waals surface area (Å²) in [6, 6.07) is 5.43. The van der Waals surface area contributed by atoms with Gasteiger partial charge in [0.1, 0.15) is 17.8 Å². The second kappa shape index (κ2) is 4.69. The van der Waals surface area contributed by atoms with Crippen molar-refractivity contribution in [2.45, 2.75) is 20.8 Å². The van der Waals surface area contributed by atoms with Crippen molar-refractivity contribution in [3.63, 3.8) is 0 Å². The number of hydrogen-bond acceptors (Lipinski definition) is 3. The highest BCUT2D eigenvalue weighted by atomic mass is 16.5. The van der Waals surface area contributed by atoms with Crippen LogP contribution in [0.15, 0.2) is 28.9 Å². The van der Waals surface area contributed by atoms with Gasteiger partial charge in [0.2, 0.25) is 0 Å². The predicted octanol–water partition coefficient (Wildman–Crippen LogP) is 3.44. The van der Waals surface area contributed by atoms with E-state index in [-0.39, 0.29) is 5.78 Å². The fourth-order valence-corrected chi connectivity index (χ4v) is 2.13. The van der Waals surface area contributed by atoms with Crippen molar-refractivity contribution in [2.24, 2.45) is 0 Å². The zero-order valence-electron chi connectivity index (χ0n) is 11.0. The first kappa shape index (κ1) is 12.4. The van der Waals surface area contributed by atoms with Crippen molar-refractivity contribution < 1.29 is 13.9 Å². The molecule has 1 aromatic carbocycles. The lowest BCUT2D eigenvalue weighted by Crippen LogP contribution is -2.02. The first-order valence-corrected chi connectivity index (χ1v) is 5.78. The highest BCUT2D eigenvalue weighted by Crippen LogP contribution is 2.25. The van der Waals surface area contributed by atoms with Gasteiger partial charge in [-0.2, -0.15) is 0 Å². The maximum Gasteiger partial charge on any atom is 0.196 e. The van der Waals surface area contributed by atoms with Gasteiger partial charge < -0.3 is 9.15 Å². The molecule has 0 saturated heterocycles. The third kappa shape index (κ3) is 2.16. The van der Waals surface area contributed by atoms with E-state index in [2.05, 4.69) is 0 Å². The number of ether oxygens (including phenoxy) is 1. The van der Waals surface area contributed by atoms with Crippen molar-refractivity contribution in [3.8, 4) is 5.75 Å². The number of benzene rings is 1. The molecule has 0 unspecified atom stereocenters. The van der Waals surface area contributed by atoms with Crippen LogP contribution in [0.1, 0.15) is 32.8 Å². The van der Waals surface area contributed by atoms with E-state index in [1.54, 1.807) is 13.2 Å². The van der Waals surface area contributed by atoms with Crippen molar-refractivity contribution in [1.82, 2.24) is 0 Å². The Bertz CT molecular complexity index is 571. The minimum atomic E-state index is -0.0271. The Morgan fingerprint density at radius 2 is 1.67 bits per heavy atom. The summed E-state index contributed by atoms with van der Waals surface area (Å²) in [6.07, 6.45) is 1.49. The Balaban J connectivity index is 2.43. The molecule has 0 spiro atoms. The van der Waals surface area contributed by atoms with Gasteiger partial charge >= 0.3 is 0 Å². The number of ketones is 1. The molecule has 0 aliphatic heterocycles. The van der Waals surface area contributed by atoms with Crippen LogP contribution >= 0.6 is 0 Å². The molecule has 1 aromatic heterocycles. The first-order chi connectivity index (χ1) is 8.52. The van der Waals surface area contributed by atoms with Crippen LogP contribution in [0.25, 0.3) is 0 Å². The normalized spacial score (nSPS) is 10.4. The minimum absolute atomic E-state index is 0.0271. The summed E-state index contributed by atoms with van der Waals surface area (Å²) in [4.78, 5) is 12.3. The number of furan rings is 1. The molecule has 0 N–H and O–H groups in total. The standard InChI is InChI=1S/C15H16O3/c1-9-5-12(6-10(2)15(9)17-4)14(16)13-7-11(3)18-8-13/h5-8H,1-4H3. The topological polar surface area (TPSA) is 39.4 Å². The molecule has 0 amide bonds. The Kier molecular flexibility index (Phi) is 3.24. The summed E-state index contributed by atoms with van der Waals surface area (Å²) in [5, 5.41) is 0. The van der Waals surface area contributed by atoms with E-state index in [1.165, 1.54) is 6.26 Å². The zero-order valence-corrected chi connectivity index (χ0v) is 11.0. The van der Waals surface area contributed by atoms with Gasteiger partial charge in [-0.25, -0.2) is 0 Å². The third-order valence-corrected chi connectivity index (χ3v) is 2.92. The summed E-state index contributed by atoms with van der Waals surface area (Å²) in [5.41, 5.74) is 3.16. The molecule has 94 valence electrons. The minimum Gasteiger partial charge on any atom is -0.496 e. The van der Waals surface area contributed by atoms with Crippen LogP contribution in [-0.2, 0) is 0 Å². The largest absolute Gasteiger partial charge is 0.496 e. The van der Waals surface area contributed by atoms with Crippen molar-refractivity contribution >= 4 is 5.78 Å². The molecule has 0 saturated carbocycles. The Morgan fingerprint density at radius 3 is 2.11 bits per heavy atom. The van der Waals surface area contributed by atoms with E-state index in [0.29, 0.717) is 11.1 Å². The molecule has 0 aliphatic rings. The van der Waals surface area contributed by atoms with E-state index < -0.39 is 0 Å². The van der Waals surface area contributed by atoms with Crippen LogP contribution in [0.5, 0.6) is 5.75 Å². The van der Waals surface area contributed by atoms with Crippen molar-refractivity contribution in [2.75, 3.05) is 7.11 Å². The second-order valence-electron chi connectivity index (χ2n) is 4.42. The number of methoxy groups -OCH3 is 1. The lowest BCUT2D eigenvalue weighted by Gasteiger charge is -2.10. The smallest absolute Gasteiger partial charge is 0.196 e. The lowest BCUT2D eigenvalue weighted by molar-refractivity contribution is 0.103. The SMILES string of the molecule is COc1c(C)cc(C(=O)c2coc(C)c2)cc1C. The van der Waals surface area contributed by atoms with Gasteiger partial charge in [-0.1, -0.05) is 0 Å². The molecule has 0 atom stereocenters. The predicted molar refractivity (Wildman–Crippen MR) is 69.3 cm³/mol. The van der Waals surface area contributed by atoms with Crippen molar-refractivity contribution in [3.05, 3.63) is 52.5 Å². The van der Waals surface area contributed by atoms with Crippen LogP contribution in [0.2, 0.25) is 0 Å². The molecular formula is C15H16O3. The highest BCUT2D eigenvalue weighted by molar-refractivity contribution is 6.09. The van der Waals surface area contributed by atoms with Gasteiger partial charge in [0, 0.05) is 5.56 Å². The lowest BCUT2D eigenvalue weighted by atomic mass is 10.00. The van der Waals surface area contributed by atoms with Gasteiger partial charge in [0.15, 0.2) is 5.78 Å². The fourth-order valence-electron chi connectivity index (χ4n) is 2.13. The van der Waals surface area contributed by atoms with Crippen molar-refractivity contribution in [1.29, 1.82) is 0 Å². The maximum atomic E-state index is 12.3. The van der Waals surface area contributed by atoms with Gasteiger partial charge in [-0.3, -0.25) is 4.79 Å². The Morgan fingerprint density at radius 1 is 1.06 bits per heavy atom. The fraction of sp³-hybridized carbons (Fsp3) is 0.267. The molecule has 2 aromatic rings. The first-order valence-electron chi connectivity index (χ1n) is 5.78. The summed E-state index contributed by atoms with van der Waals surface area (Å²) in [7, 11) is 1.64. The summed E-state index contributed by atoms with van der Waals surface area (Å²) < 4.78 is 10.5. The van der Waals surface area contributed by atoms with Gasteiger partial charge in [0.25, 0.3) is 0 Å². The quantitative estimate of drug-likeness (QED) is 0.776. The number of carbonyl (C=O) groups excluding carboxylic acids is 1. The van der Waals surface area contributed by atoms with Crippen LogP contribution < -0.4 is 4.74 Å². The van der Waals surface area contributed by atoms with Gasteiger partial charge in [-0.15, -0.1) is 0 Å². The average Bonchev–Trinajstić information content (AvgIpc) is 2.74. The number of aryl methyl sites for hydroxylation is 3. The van der Waals surface area contributed by atoms with E-state index in [4.69, 9.17) is 9.15 Å². The molecule has 18 heavy (non-hydrogen) atoms. The Labute approximate surface area is 106 Å². The molecule has 2 rings (SSSR count). The summed E-state index contributed by atoms with van der Waals surface area (Å²) in [6.45, 7) is 5.69. The Hall–Kier alpha value is -2.03. The third-order valence-electron chi connectivity index (χ3n) is 2.92. The highest BCUT2D eigenvalue weighted by Gasteiger charge is 2.14. The second-order valence-corrected chi connectivity index (χ2v) is 4.42. The molecular weight excluding hydrogens is 228 g/mol. The van der Waals surface area contributed by atoms with Crippen LogP contribution in [0.4, 0.5) is 0 Å². The molecule has 0 aliphatic carbocycles. The monoisotopic (exact) mass is 244 g/mol. The molecule has 1 heterocycles. The molecule has 0 fully saturated rings. The van der Waals surface area contributed by atoms with Crippen LogP contribution in [0, 0.1) is 20.8 Å². The zero-order chi connectivity index (χ0) is 13.3. The van der Waals surface area contributed by atoms with E-state index in [1.807, 2.05) is 32.9 Å². The molecule has 0 radical (unpaired) electrons. The summed E-state index contributed by atoms with van der Waals surface area (Å²) in [5.74, 6) is 1.54. The van der Waals surface area contributed by atoms with E-state index in [0.717, 1.165) is 22.6 Å². The summed E-state index contributed by atoms with van der Waals surface area (Å²) >= 11 is 0. The average molecular weight is 244 g/mol. The van der Waals surface area contributed by atoms with Gasteiger partial charge in [-0.05, 0) is 50.1 Å².